The minimum absolute atomic E-state index is 0.0936. The fourth-order valence-corrected chi connectivity index (χ4v) is 2.34. The van der Waals surface area contributed by atoms with E-state index in [0.717, 1.165) is 5.57 Å². The van der Waals surface area contributed by atoms with E-state index in [0.29, 0.717) is 6.42 Å². The first-order chi connectivity index (χ1) is 7.68. The van der Waals surface area contributed by atoms with E-state index in [1.807, 2.05) is 13.0 Å². The fourth-order valence-electron chi connectivity index (χ4n) is 2.34. The summed E-state index contributed by atoms with van der Waals surface area (Å²) in [6, 6.07) is 0. The summed E-state index contributed by atoms with van der Waals surface area (Å²) in [5.41, 5.74) is -0.0241. The van der Waals surface area contributed by atoms with E-state index in [1.165, 1.54) is 6.08 Å². The number of hydrogen-bond donors (Lipinski definition) is 1. The van der Waals surface area contributed by atoms with Gasteiger partial charge in [0.05, 0.1) is 5.60 Å². The molecule has 0 spiro atoms. The van der Waals surface area contributed by atoms with Crippen LogP contribution in [0.4, 0.5) is 0 Å². The molecular formula is C15H22O2. The summed E-state index contributed by atoms with van der Waals surface area (Å²) in [5, 5.41) is 9.87. The highest BCUT2D eigenvalue weighted by molar-refractivity contribution is 5.92. The predicted molar refractivity (Wildman–Crippen MR) is 70.6 cm³/mol. The van der Waals surface area contributed by atoms with Crippen molar-refractivity contribution in [3.8, 4) is 0 Å². The summed E-state index contributed by atoms with van der Waals surface area (Å²) in [5.74, 6) is 0.374. The Hall–Kier alpha value is -1.15. The molecule has 0 amide bonds. The van der Waals surface area contributed by atoms with Crippen molar-refractivity contribution in [2.75, 3.05) is 0 Å². The molecule has 1 aliphatic rings. The Morgan fingerprint density at radius 2 is 2.18 bits per heavy atom. The van der Waals surface area contributed by atoms with Gasteiger partial charge in [-0.05, 0) is 25.3 Å². The van der Waals surface area contributed by atoms with Gasteiger partial charge in [-0.3, -0.25) is 4.79 Å². The van der Waals surface area contributed by atoms with Crippen molar-refractivity contribution in [2.24, 2.45) is 11.3 Å². The number of rotatable bonds is 3. The zero-order chi connectivity index (χ0) is 13.3. The van der Waals surface area contributed by atoms with Crippen molar-refractivity contribution < 1.29 is 9.90 Å². The van der Waals surface area contributed by atoms with Crippen molar-refractivity contribution in [1.29, 1.82) is 0 Å². The van der Waals surface area contributed by atoms with Crippen LogP contribution in [-0.2, 0) is 4.79 Å². The van der Waals surface area contributed by atoms with E-state index in [1.54, 1.807) is 19.1 Å². The highest BCUT2D eigenvalue weighted by atomic mass is 16.3. The molecule has 0 bridgehead atoms. The zero-order valence-corrected chi connectivity index (χ0v) is 11.2. The second-order valence-electron chi connectivity index (χ2n) is 5.79. The minimum Gasteiger partial charge on any atom is -0.382 e. The van der Waals surface area contributed by atoms with Crippen LogP contribution in [0.2, 0.25) is 0 Å². The van der Waals surface area contributed by atoms with Crippen LogP contribution < -0.4 is 0 Å². The van der Waals surface area contributed by atoms with Gasteiger partial charge < -0.3 is 5.11 Å². The second kappa shape index (κ2) is 4.61. The van der Waals surface area contributed by atoms with Gasteiger partial charge in [-0.2, -0.15) is 0 Å². The molecule has 0 radical (unpaired) electrons. The molecule has 2 atom stereocenters. The number of ketones is 1. The topological polar surface area (TPSA) is 37.3 Å². The lowest BCUT2D eigenvalue weighted by Gasteiger charge is -2.36. The molecule has 2 nitrogen and oxygen atoms in total. The van der Waals surface area contributed by atoms with Gasteiger partial charge in [0.15, 0.2) is 5.78 Å². The molecule has 2 unspecified atom stereocenters. The van der Waals surface area contributed by atoms with E-state index in [9.17, 15) is 9.90 Å². The lowest BCUT2D eigenvalue weighted by molar-refractivity contribution is -0.117. The molecule has 0 saturated carbocycles. The first-order valence-electron chi connectivity index (χ1n) is 5.94. The van der Waals surface area contributed by atoms with Gasteiger partial charge in [0.2, 0.25) is 0 Å². The Bertz CT molecular complexity index is 384. The van der Waals surface area contributed by atoms with Gasteiger partial charge >= 0.3 is 0 Å². The van der Waals surface area contributed by atoms with Crippen molar-refractivity contribution in [3.05, 3.63) is 36.5 Å². The summed E-state index contributed by atoms with van der Waals surface area (Å²) in [6.45, 7) is 11.4. The molecule has 17 heavy (non-hydrogen) atoms. The monoisotopic (exact) mass is 234 g/mol. The molecule has 0 aromatic carbocycles. The number of hydrogen-bond acceptors (Lipinski definition) is 2. The average Bonchev–Trinajstić information content (AvgIpc) is 2.14. The maximum absolute atomic E-state index is 11.5. The third kappa shape index (κ3) is 3.40. The normalized spacial score (nSPS) is 27.7. The fraction of sp³-hybridized carbons (Fsp3) is 0.533. The maximum atomic E-state index is 11.5. The third-order valence-corrected chi connectivity index (χ3v) is 3.39. The molecule has 1 rings (SSSR count). The molecule has 0 saturated heterocycles. The molecular weight excluding hydrogens is 212 g/mol. The predicted octanol–water partition coefficient (Wildman–Crippen LogP) is 3.04. The zero-order valence-electron chi connectivity index (χ0n) is 11.2. The first kappa shape index (κ1) is 13.9. The summed E-state index contributed by atoms with van der Waals surface area (Å²) in [7, 11) is 0. The van der Waals surface area contributed by atoms with E-state index < -0.39 is 5.60 Å². The van der Waals surface area contributed by atoms with Crippen molar-refractivity contribution in [3.63, 3.8) is 0 Å². The Labute approximate surface area is 104 Å². The largest absolute Gasteiger partial charge is 0.382 e. The van der Waals surface area contributed by atoms with Crippen LogP contribution in [0.15, 0.2) is 36.5 Å². The quantitative estimate of drug-likeness (QED) is 0.762. The average molecular weight is 234 g/mol. The molecule has 0 aromatic heterocycles. The Kier molecular flexibility index (Phi) is 3.78. The molecule has 1 N–H and O–H groups in total. The van der Waals surface area contributed by atoms with Crippen LogP contribution in [0, 0.1) is 11.3 Å². The van der Waals surface area contributed by atoms with Crippen LogP contribution in [0.1, 0.15) is 34.1 Å². The standard InChI is InChI=1S/C15H22O2/c1-6-15(5,17)8-7-13-11(2)9-12(16)10-14(13,3)4/h6-9,13,17H,1,10H2,2-5H3/b8-7+. The highest BCUT2D eigenvalue weighted by Gasteiger charge is 2.34. The highest BCUT2D eigenvalue weighted by Crippen LogP contribution is 2.40. The van der Waals surface area contributed by atoms with Gasteiger partial charge in [-0.1, -0.05) is 44.2 Å². The summed E-state index contributed by atoms with van der Waals surface area (Å²) < 4.78 is 0. The first-order valence-corrected chi connectivity index (χ1v) is 5.94. The van der Waals surface area contributed by atoms with Gasteiger partial charge in [0.25, 0.3) is 0 Å². The van der Waals surface area contributed by atoms with E-state index in [2.05, 4.69) is 20.4 Å². The van der Waals surface area contributed by atoms with Crippen LogP contribution in [0.3, 0.4) is 0 Å². The number of aliphatic hydroxyl groups is 1. The summed E-state index contributed by atoms with van der Waals surface area (Å²) in [4.78, 5) is 11.5. The third-order valence-electron chi connectivity index (χ3n) is 3.39. The molecule has 1 aliphatic carbocycles. The molecule has 0 fully saturated rings. The van der Waals surface area contributed by atoms with Crippen molar-refractivity contribution in [2.45, 2.75) is 39.7 Å². The molecule has 2 heteroatoms. The van der Waals surface area contributed by atoms with Crippen LogP contribution >= 0.6 is 0 Å². The van der Waals surface area contributed by atoms with Gasteiger partial charge in [-0.15, -0.1) is 0 Å². The molecule has 94 valence electrons. The van der Waals surface area contributed by atoms with Crippen LogP contribution in [0.25, 0.3) is 0 Å². The Morgan fingerprint density at radius 1 is 1.59 bits per heavy atom. The number of carbonyl (C=O) groups excluding carboxylic acids is 1. The van der Waals surface area contributed by atoms with Crippen molar-refractivity contribution in [1.82, 2.24) is 0 Å². The van der Waals surface area contributed by atoms with E-state index in [-0.39, 0.29) is 17.1 Å². The lowest BCUT2D eigenvalue weighted by Crippen LogP contribution is -2.31. The molecule has 0 aliphatic heterocycles. The van der Waals surface area contributed by atoms with Gasteiger partial charge in [0.1, 0.15) is 0 Å². The molecule has 0 aromatic rings. The SMILES string of the molecule is C=CC(C)(O)/C=C/C1C(C)=CC(=O)CC1(C)C. The van der Waals surface area contributed by atoms with Crippen LogP contribution in [-0.4, -0.2) is 16.5 Å². The van der Waals surface area contributed by atoms with Gasteiger partial charge in [0, 0.05) is 12.3 Å². The lowest BCUT2D eigenvalue weighted by atomic mass is 9.68. The minimum atomic E-state index is -0.988. The number of allylic oxidation sites excluding steroid dienone is 3. The van der Waals surface area contributed by atoms with E-state index >= 15 is 0 Å². The van der Waals surface area contributed by atoms with Crippen molar-refractivity contribution >= 4 is 5.78 Å². The van der Waals surface area contributed by atoms with Gasteiger partial charge in [-0.25, -0.2) is 0 Å². The van der Waals surface area contributed by atoms with Crippen LogP contribution in [0.5, 0.6) is 0 Å². The number of carbonyl (C=O) groups is 1. The Balaban J connectivity index is 3.00. The second-order valence-corrected chi connectivity index (χ2v) is 5.79. The smallest absolute Gasteiger partial charge is 0.156 e. The Morgan fingerprint density at radius 3 is 2.65 bits per heavy atom. The maximum Gasteiger partial charge on any atom is 0.156 e. The summed E-state index contributed by atoms with van der Waals surface area (Å²) >= 11 is 0. The van der Waals surface area contributed by atoms with E-state index in [4.69, 9.17) is 0 Å². The summed E-state index contributed by atoms with van der Waals surface area (Å²) in [6.07, 6.45) is 7.50. The molecule has 0 heterocycles.